The maximum Gasteiger partial charge on any atom is 0.269 e. The molecule has 0 spiro atoms. The molecule has 10 heteroatoms. The summed E-state index contributed by atoms with van der Waals surface area (Å²) in [5.41, 5.74) is 2.63. The van der Waals surface area contributed by atoms with Crippen molar-refractivity contribution >= 4 is 40.7 Å². The second-order valence-corrected chi connectivity index (χ2v) is 8.74. The minimum absolute atomic E-state index is 0.0646. The third-order valence-corrected chi connectivity index (χ3v) is 6.00. The fourth-order valence-electron chi connectivity index (χ4n) is 4.13. The Kier molecular flexibility index (Phi) is 7.10. The number of nitro groups is 1. The number of rotatable bonds is 7. The Morgan fingerprint density at radius 2 is 1.62 bits per heavy atom. The number of amides is 4. The molecule has 3 aromatic carbocycles. The number of anilines is 2. The van der Waals surface area contributed by atoms with Crippen molar-refractivity contribution in [1.29, 1.82) is 0 Å². The number of hydrogen-bond donors (Lipinski definition) is 1. The van der Waals surface area contributed by atoms with E-state index in [1.807, 2.05) is 31.2 Å². The molecule has 1 unspecified atom stereocenters. The molecule has 1 atom stereocenters. The first-order chi connectivity index (χ1) is 17.6. The van der Waals surface area contributed by atoms with Gasteiger partial charge in [-0.3, -0.25) is 29.3 Å². The van der Waals surface area contributed by atoms with Gasteiger partial charge in [0.1, 0.15) is 6.04 Å². The van der Waals surface area contributed by atoms with Crippen LogP contribution >= 0.6 is 0 Å². The molecule has 0 bridgehead atoms. The van der Waals surface area contributed by atoms with Crippen LogP contribution in [0.25, 0.3) is 0 Å². The molecule has 3 aromatic rings. The quantitative estimate of drug-likeness (QED) is 0.298. The van der Waals surface area contributed by atoms with Gasteiger partial charge < -0.3 is 10.2 Å². The number of hydrogen-bond acceptors (Lipinski definition) is 6. The van der Waals surface area contributed by atoms with Crippen molar-refractivity contribution in [3.05, 3.63) is 99.6 Å². The highest BCUT2D eigenvalue weighted by atomic mass is 16.6. The number of nitro benzene ring substituents is 1. The third kappa shape index (κ3) is 5.53. The van der Waals surface area contributed by atoms with E-state index >= 15 is 0 Å². The number of carbonyl (C=O) groups excluding carboxylic acids is 4. The minimum atomic E-state index is -1.06. The molecule has 1 heterocycles. The summed E-state index contributed by atoms with van der Waals surface area (Å²) in [7, 11) is 0. The summed E-state index contributed by atoms with van der Waals surface area (Å²) in [6.45, 7) is 3.36. The van der Waals surface area contributed by atoms with Crippen LogP contribution in [0.15, 0.2) is 72.8 Å². The lowest BCUT2D eigenvalue weighted by Crippen LogP contribution is -2.45. The summed E-state index contributed by atoms with van der Waals surface area (Å²) in [5.74, 6) is -1.80. The Bertz CT molecular complexity index is 1370. The van der Waals surface area contributed by atoms with Crippen molar-refractivity contribution < 1.29 is 24.1 Å². The lowest BCUT2D eigenvalue weighted by Gasteiger charge is -2.28. The van der Waals surface area contributed by atoms with Crippen molar-refractivity contribution in [3.8, 4) is 0 Å². The molecule has 1 aliphatic heterocycles. The number of nitrogens with zero attached hydrogens (tertiary/aromatic N) is 3. The summed E-state index contributed by atoms with van der Waals surface area (Å²) in [5, 5.41) is 13.6. The third-order valence-electron chi connectivity index (χ3n) is 6.00. The first-order valence-electron chi connectivity index (χ1n) is 11.5. The largest absolute Gasteiger partial charge is 0.326 e. The maximum absolute atomic E-state index is 13.6. The molecule has 10 nitrogen and oxygen atoms in total. The standard InChI is InChI=1S/C27H24N4O6/c1-17-3-5-19(6-4-17)16-29(26(34)20-7-11-23(12-8-20)31(36)37)24-15-25(33)30(27(24)35)22-13-9-21(10-14-22)28-18(2)32/h3-14,24H,15-16H2,1-2H3,(H,28,32). The molecule has 0 aromatic heterocycles. The fraction of sp³-hybridized carbons (Fsp3) is 0.185. The van der Waals surface area contributed by atoms with E-state index in [2.05, 4.69) is 5.32 Å². The second kappa shape index (κ2) is 10.4. The average molecular weight is 501 g/mol. The molecule has 188 valence electrons. The Morgan fingerprint density at radius 3 is 2.19 bits per heavy atom. The number of nitrogens with one attached hydrogen (secondary N) is 1. The molecular weight excluding hydrogens is 476 g/mol. The van der Waals surface area contributed by atoms with E-state index in [0.717, 1.165) is 16.0 Å². The first-order valence-corrected chi connectivity index (χ1v) is 11.5. The van der Waals surface area contributed by atoms with Crippen LogP contribution in [0.5, 0.6) is 0 Å². The van der Waals surface area contributed by atoms with Gasteiger partial charge in [-0.2, -0.15) is 0 Å². The van der Waals surface area contributed by atoms with Gasteiger partial charge in [-0.25, -0.2) is 4.90 Å². The van der Waals surface area contributed by atoms with E-state index in [9.17, 15) is 29.3 Å². The van der Waals surface area contributed by atoms with Crippen molar-refractivity contribution in [2.75, 3.05) is 10.2 Å². The Balaban J connectivity index is 1.65. The lowest BCUT2D eigenvalue weighted by molar-refractivity contribution is -0.384. The molecule has 1 aliphatic rings. The van der Waals surface area contributed by atoms with Crippen LogP contribution in [-0.4, -0.2) is 39.5 Å². The molecule has 1 fully saturated rings. The highest BCUT2D eigenvalue weighted by molar-refractivity contribution is 6.23. The molecule has 4 rings (SSSR count). The van der Waals surface area contributed by atoms with Gasteiger partial charge in [0.25, 0.3) is 17.5 Å². The van der Waals surface area contributed by atoms with E-state index in [4.69, 9.17) is 0 Å². The van der Waals surface area contributed by atoms with Crippen LogP contribution in [-0.2, 0) is 20.9 Å². The number of aryl methyl sites for hydroxylation is 1. The highest BCUT2D eigenvalue weighted by Crippen LogP contribution is 2.29. The monoisotopic (exact) mass is 500 g/mol. The van der Waals surface area contributed by atoms with Crippen LogP contribution in [0.1, 0.15) is 34.8 Å². The molecular formula is C27H24N4O6. The van der Waals surface area contributed by atoms with Crippen LogP contribution < -0.4 is 10.2 Å². The normalized spacial score (nSPS) is 15.0. The smallest absolute Gasteiger partial charge is 0.269 e. The summed E-state index contributed by atoms with van der Waals surface area (Å²) < 4.78 is 0. The van der Waals surface area contributed by atoms with Gasteiger partial charge in [-0.1, -0.05) is 29.8 Å². The predicted octanol–water partition coefficient (Wildman–Crippen LogP) is 3.84. The highest BCUT2D eigenvalue weighted by Gasteiger charge is 2.44. The molecule has 0 aliphatic carbocycles. The Labute approximate surface area is 212 Å². The number of benzene rings is 3. The average Bonchev–Trinajstić information content (AvgIpc) is 3.17. The van der Waals surface area contributed by atoms with Crippen molar-refractivity contribution in [3.63, 3.8) is 0 Å². The van der Waals surface area contributed by atoms with Crippen molar-refractivity contribution in [2.45, 2.75) is 32.9 Å². The van der Waals surface area contributed by atoms with Crippen LogP contribution in [0.4, 0.5) is 17.1 Å². The Morgan fingerprint density at radius 1 is 1.00 bits per heavy atom. The molecule has 37 heavy (non-hydrogen) atoms. The zero-order chi connectivity index (χ0) is 26.7. The van der Waals surface area contributed by atoms with E-state index in [1.54, 1.807) is 24.3 Å². The van der Waals surface area contributed by atoms with E-state index in [-0.39, 0.29) is 30.1 Å². The van der Waals surface area contributed by atoms with Gasteiger partial charge in [-0.15, -0.1) is 0 Å². The first kappa shape index (κ1) is 25.2. The summed E-state index contributed by atoms with van der Waals surface area (Å²) >= 11 is 0. The van der Waals surface area contributed by atoms with Crippen molar-refractivity contribution in [1.82, 2.24) is 4.90 Å². The van der Waals surface area contributed by atoms with E-state index < -0.39 is 28.7 Å². The molecule has 0 saturated carbocycles. The SMILES string of the molecule is CC(=O)Nc1ccc(N2C(=O)CC(N(Cc3ccc(C)cc3)C(=O)c3ccc([N+](=O)[O-])cc3)C2=O)cc1. The van der Waals surface area contributed by atoms with Crippen LogP contribution in [0.3, 0.4) is 0 Å². The number of carbonyl (C=O) groups is 4. The minimum Gasteiger partial charge on any atom is -0.326 e. The van der Waals surface area contributed by atoms with Gasteiger partial charge in [0.05, 0.1) is 17.0 Å². The predicted molar refractivity (Wildman–Crippen MR) is 136 cm³/mol. The molecule has 1 N–H and O–H groups in total. The number of non-ortho nitro benzene ring substituents is 1. The fourth-order valence-corrected chi connectivity index (χ4v) is 4.13. The molecule has 1 saturated heterocycles. The lowest BCUT2D eigenvalue weighted by atomic mass is 10.1. The van der Waals surface area contributed by atoms with E-state index in [0.29, 0.717) is 11.4 Å². The Hall–Kier alpha value is -4.86. The summed E-state index contributed by atoms with van der Waals surface area (Å²) in [4.78, 5) is 64.1. The van der Waals surface area contributed by atoms with E-state index in [1.165, 1.54) is 36.1 Å². The van der Waals surface area contributed by atoms with Gasteiger partial charge in [0, 0.05) is 36.9 Å². The summed E-state index contributed by atoms with van der Waals surface area (Å²) in [6, 6.07) is 17.8. The maximum atomic E-state index is 13.6. The second-order valence-electron chi connectivity index (χ2n) is 8.74. The number of imide groups is 1. The topological polar surface area (TPSA) is 130 Å². The van der Waals surface area contributed by atoms with Gasteiger partial charge in [-0.05, 0) is 48.9 Å². The van der Waals surface area contributed by atoms with Gasteiger partial charge in [0.2, 0.25) is 11.8 Å². The zero-order valence-corrected chi connectivity index (χ0v) is 20.2. The van der Waals surface area contributed by atoms with Gasteiger partial charge >= 0.3 is 0 Å². The van der Waals surface area contributed by atoms with Crippen LogP contribution in [0.2, 0.25) is 0 Å². The summed E-state index contributed by atoms with van der Waals surface area (Å²) in [6.07, 6.45) is -0.211. The molecule has 0 radical (unpaired) electrons. The van der Waals surface area contributed by atoms with Crippen molar-refractivity contribution in [2.24, 2.45) is 0 Å². The van der Waals surface area contributed by atoms with Gasteiger partial charge in [0.15, 0.2) is 0 Å². The molecule has 4 amide bonds. The van der Waals surface area contributed by atoms with Crippen LogP contribution in [0, 0.1) is 17.0 Å². The zero-order valence-electron chi connectivity index (χ0n) is 20.2.